The molecule has 2 aliphatic carbocycles. The van der Waals surface area contributed by atoms with E-state index in [0.717, 1.165) is 18.1 Å². The van der Waals surface area contributed by atoms with Crippen LogP contribution < -0.4 is 5.32 Å². The van der Waals surface area contributed by atoms with Gasteiger partial charge < -0.3 is 10.1 Å². The molecule has 1 spiro atoms. The van der Waals surface area contributed by atoms with Crippen molar-refractivity contribution in [3.63, 3.8) is 0 Å². The third kappa shape index (κ3) is 2.86. The lowest BCUT2D eigenvalue weighted by Gasteiger charge is -2.55. The zero-order chi connectivity index (χ0) is 14.9. The Balaban J connectivity index is 1.66. The molecule has 116 valence electrons. The van der Waals surface area contributed by atoms with Crippen molar-refractivity contribution in [2.45, 2.75) is 64.1 Å². The zero-order valence-electron chi connectivity index (χ0n) is 13.1. The van der Waals surface area contributed by atoms with Crippen molar-refractivity contribution in [2.24, 2.45) is 5.41 Å². The second-order valence-electron chi connectivity index (χ2n) is 6.61. The molecule has 21 heavy (non-hydrogen) atoms. The van der Waals surface area contributed by atoms with Crippen molar-refractivity contribution in [3.05, 3.63) is 34.9 Å². The van der Waals surface area contributed by atoms with Gasteiger partial charge in [-0.25, -0.2) is 0 Å². The van der Waals surface area contributed by atoms with E-state index in [1.54, 1.807) is 0 Å². The molecule has 0 aromatic heterocycles. The minimum absolute atomic E-state index is 0.368. The van der Waals surface area contributed by atoms with Gasteiger partial charge in [-0.1, -0.05) is 36.6 Å². The van der Waals surface area contributed by atoms with Gasteiger partial charge in [0, 0.05) is 29.1 Å². The number of benzene rings is 1. The molecule has 0 aliphatic heterocycles. The lowest BCUT2D eigenvalue weighted by atomic mass is 9.60. The largest absolute Gasteiger partial charge is 0.378 e. The SMILES string of the molecule is CCOC1CC(N[C@@H](C)c2ccc(Cl)cc2)C12CCCC2. The Kier molecular flexibility index (Phi) is 4.58. The minimum Gasteiger partial charge on any atom is -0.378 e. The maximum Gasteiger partial charge on any atom is 0.0661 e. The summed E-state index contributed by atoms with van der Waals surface area (Å²) in [5.41, 5.74) is 1.71. The summed E-state index contributed by atoms with van der Waals surface area (Å²) in [6.45, 7) is 5.20. The van der Waals surface area contributed by atoms with Crippen LogP contribution in [0.3, 0.4) is 0 Å². The Morgan fingerprint density at radius 3 is 2.57 bits per heavy atom. The van der Waals surface area contributed by atoms with Crippen LogP contribution in [0.4, 0.5) is 0 Å². The Morgan fingerprint density at radius 1 is 1.29 bits per heavy atom. The zero-order valence-corrected chi connectivity index (χ0v) is 13.8. The van der Waals surface area contributed by atoms with Crippen LogP contribution in [0.5, 0.6) is 0 Å². The summed E-state index contributed by atoms with van der Waals surface area (Å²) < 4.78 is 5.99. The highest BCUT2D eigenvalue weighted by molar-refractivity contribution is 6.30. The first kappa shape index (κ1) is 15.3. The van der Waals surface area contributed by atoms with Crippen LogP contribution in [0.1, 0.15) is 57.6 Å². The van der Waals surface area contributed by atoms with Crippen molar-refractivity contribution in [2.75, 3.05) is 6.61 Å². The van der Waals surface area contributed by atoms with E-state index in [1.165, 1.54) is 31.2 Å². The molecule has 1 aromatic carbocycles. The second kappa shape index (κ2) is 6.28. The molecule has 0 bridgehead atoms. The van der Waals surface area contributed by atoms with Crippen LogP contribution in [0.2, 0.25) is 5.02 Å². The fourth-order valence-electron chi connectivity index (χ4n) is 4.27. The van der Waals surface area contributed by atoms with Crippen molar-refractivity contribution in [1.82, 2.24) is 5.32 Å². The normalized spacial score (nSPS) is 28.5. The first-order valence-electron chi connectivity index (χ1n) is 8.29. The fraction of sp³-hybridized carbons (Fsp3) is 0.667. The molecule has 1 aromatic rings. The molecule has 2 aliphatic rings. The van der Waals surface area contributed by atoms with Crippen LogP contribution in [-0.4, -0.2) is 18.8 Å². The lowest BCUT2D eigenvalue weighted by Crippen LogP contribution is -2.63. The highest BCUT2D eigenvalue weighted by Crippen LogP contribution is 2.55. The molecule has 3 rings (SSSR count). The summed E-state index contributed by atoms with van der Waals surface area (Å²) in [5.74, 6) is 0. The summed E-state index contributed by atoms with van der Waals surface area (Å²) in [6, 6.07) is 9.17. The first-order valence-corrected chi connectivity index (χ1v) is 8.66. The van der Waals surface area contributed by atoms with Gasteiger partial charge in [0.05, 0.1) is 6.10 Å². The van der Waals surface area contributed by atoms with Gasteiger partial charge in [-0.05, 0) is 50.8 Å². The van der Waals surface area contributed by atoms with Crippen LogP contribution >= 0.6 is 11.6 Å². The number of halogens is 1. The number of hydrogen-bond donors (Lipinski definition) is 1. The monoisotopic (exact) mass is 307 g/mol. The number of ether oxygens (including phenoxy) is 1. The third-order valence-corrected chi connectivity index (χ3v) is 5.76. The number of hydrogen-bond acceptors (Lipinski definition) is 2. The lowest BCUT2D eigenvalue weighted by molar-refractivity contribution is -0.132. The standard InChI is InChI=1S/C18H26ClNO/c1-3-21-17-12-16(18(17)10-4-5-11-18)20-13(2)14-6-8-15(19)9-7-14/h6-9,13,16-17,20H,3-5,10-12H2,1-2H3/t13-,16?,17?/m0/s1. The van der Waals surface area contributed by atoms with Crippen LogP contribution in [-0.2, 0) is 4.74 Å². The van der Waals surface area contributed by atoms with Gasteiger partial charge >= 0.3 is 0 Å². The molecule has 0 radical (unpaired) electrons. The Labute approximate surface area is 133 Å². The van der Waals surface area contributed by atoms with Crippen molar-refractivity contribution < 1.29 is 4.74 Å². The van der Waals surface area contributed by atoms with E-state index in [0.29, 0.717) is 23.6 Å². The average molecular weight is 308 g/mol. The fourth-order valence-corrected chi connectivity index (χ4v) is 4.40. The van der Waals surface area contributed by atoms with Gasteiger partial charge in [0.15, 0.2) is 0 Å². The molecule has 0 amide bonds. The predicted octanol–water partition coefficient (Wildman–Crippen LogP) is 4.73. The smallest absolute Gasteiger partial charge is 0.0661 e. The second-order valence-corrected chi connectivity index (χ2v) is 7.05. The summed E-state index contributed by atoms with van der Waals surface area (Å²) in [5, 5.41) is 4.65. The average Bonchev–Trinajstić information content (AvgIpc) is 2.99. The van der Waals surface area contributed by atoms with E-state index in [4.69, 9.17) is 16.3 Å². The molecule has 3 heteroatoms. The molecule has 3 atom stereocenters. The van der Waals surface area contributed by atoms with Crippen molar-refractivity contribution >= 4 is 11.6 Å². The molecule has 1 N–H and O–H groups in total. The molecular weight excluding hydrogens is 282 g/mol. The molecule has 0 heterocycles. The molecule has 2 fully saturated rings. The third-order valence-electron chi connectivity index (χ3n) is 5.51. The van der Waals surface area contributed by atoms with E-state index >= 15 is 0 Å². The van der Waals surface area contributed by atoms with E-state index < -0.39 is 0 Å². The number of rotatable bonds is 5. The van der Waals surface area contributed by atoms with Crippen molar-refractivity contribution in [1.29, 1.82) is 0 Å². The molecule has 2 saturated carbocycles. The maximum absolute atomic E-state index is 5.99. The molecule has 2 nitrogen and oxygen atoms in total. The van der Waals surface area contributed by atoms with Gasteiger partial charge in [-0.15, -0.1) is 0 Å². The Morgan fingerprint density at radius 2 is 1.95 bits per heavy atom. The topological polar surface area (TPSA) is 21.3 Å². The van der Waals surface area contributed by atoms with Gasteiger partial charge in [0.1, 0.15) is 0 Å². The minimum atomic E-state index is 0.368. The van der Waals surface area contributed by atoms with Gasteiger partial charge in [-0.2, -0.15) is 0 Å². The highest BCUT2D eigenvalue weighted by atomic mass is 35.5. The van der Waals surface area contributed by atoms with Crippen LogP contribution in [0.25, 0.3) is 0 Å². The highest BCUT2D eigenvalue weighted by Gasteiger charge is 2.56. The van der Waals surface area contributed by atoms with E-state index in [9.17, 15) is 0 Å². The van der Waals surface area contributed by atoms with Crippen molar-refractivity contribution in [3.8, 4) is 0 Å². The van der Waals surface area contributed by atoms with Crippen LogP contribution in [0, 0.1) is 5.41 Å². The summed E-state index contributed by atoms with van der Waals surface area (Å²) >= 11 is 5.98. The summed E-state index contributed by atoms with van der Waals surface area (Å²) in [7, 11) is 0. The first-order chi connectivity index (χ1) is 10.2. The van der Waals surface area contributed by atoms with E-state index in [-0.39, 0.29) is 0 Å². The Hall–Kier alpha value is -0.570. The van der Waals surface area contributed by atoms with Gasteiger partial charge in [0.2, 0.25) is 0 Å². The predicted molar refractivity (Wildman–Crippen MR) is 87.7 cm³/mol. The molecular formula is C18H26ClNO. The van der Waals surface area contributed by atoms with Gasteiger partial charge in [0.25, 0.3) is 0 Å². The molecule has 0 saturated heterocycles. The molecule has 2 unspecified atom stereocenters. The maximum atomic E-state index is 5.99. The van der Waals surface area contributed by atoms with E-state index in [2.05, 4.69) is 31.3 Å². The quantitative estimate of drug-likeness (QED) is 0.849. The number of nitrogens with one attached hydrogen (secondary N) is 1. The summed E-state index contributed by atoms with van der Waals surface area (Å²) in [6.07, 6.45) is 6.99. The summed E-state index contributed by atoms with van der Waals surface area (Å²) in [4.78, 5) is 0. The van der Waals surface area contributed by atoms with E-state index in [1.807, 2.05) is 12.1 Å². The van der Waals surface area contributed by atoms with Crippen LogP contribution in [0.15, 0.2) is 24.3 Å². The Bertz CT molecular complexity index is 467. The van der Waals surface area contributed by atoms with Gasteiger partial charge in [-0.3, -0.25) is 0 Å².